The van der Waals surface area contributed by atoms with Gasteiger partial charge in [0.1, 0.15) is 5.76 Å². The van der Waals surface area contributed by atoms with Gasteiger partial charge in [-0.15, -0.1) is 0 Å². The van der Waals surface area contributed by atoms with E-state index in [1.165, 1.54) is 0 Å². The van der Waals surface area contributed by atoms with Crippen molar-refractivity contribution in [3.63, 3.8) is 0 Å². The minimum Gasteiger partial charge on any atom is -0.469 e. The first-order chi connectivity index (χ1) is 10.8. The van der Waals surface area contributed by atoms with E-state index in [0.717, 1.165) is 29.7 Å². The van der Waals surface area contributed by atoms with Crippen molar-refractivity contribution in [2.75, 3.05) is 0 Å². The molecule has 2 aromatic rings. The van der Waals surface area contributed by atoms with Crippen molar-refractivity contribution in [2.45, 2.75) is 39.7 Å². The summed E-state index contributed by atoms with van der Waals surface area (Å²) in [6.45, 7) is 6.37. The van der Waals surface area contributed by atoms with E-state index in [0.29, 0.717) is 15.6 Å². The lowest BCUT2D eigenvalue weighted by Gasteiger charge is -2.35. The van der Waals surface area contributed by atoms with E-state index >= 15 is 0 Å². The zero-order chi connectivity index (χ0) is 16.8. The minimum atomic E-state index is -0.194. The van der Waals surface area contributed by atoms with Crippen LogP contribution in [-0.2, 0) is 6.42 Å². The van der Waals surface area contributed by atoms with Crippen LogP contribution < -0.4 is 5.32 Å². The molecular formula is C18H19Cl2NO2. The third-order valence-electron chi connectivity index (χ3n) is 4.33. The van der Waals surface area contributed by atoms with Gasteiger partial charge in [-0.05, 0) is 42.5 Å². The quantitative estimate of drug-likeness (QED) is 0.793. The first-order valence-electron chi connectivity index (χ1n) is 7.59. The number of halogens is 2. The maximum Gasteiger partial charge on any atom is 0.253 e. The third-order valence-corrected chi connectivity index (χ3v) is 4.88. The van der Waals surface area contributed by atoms with Crippen molar-refractivity contribution in [1.29, 1.82) is 0 Å². The van der Waals surface area contributed by atoms with E-state index in [1.807, 2.05) is 6.92 Å². The van der Waals surface area contributed by atoms with Crippen molar-refractivity contribution in [3.8, 4) is 0 Å². The van der Waals surface area contributed by atoms with Crippen LogP contribution in [0.1, 0.15) is 53.6 Å². The van der Waals surface area contributed by atoms with Crippen LogP contribution in [0.15, 0.2) is 28.9 Å². The molecule has 1 atom stereocenters. The summed E-state index contributed by atoms with van der Waals surface area (Å²) in [5, 5.41) is 3.98. The molecule has 1 amide bonds. The van der Waals surface area contributed by atoms with Crippen LogP contribution in [0.5, 0.6) is 0 Å². The van der Waals surface area contributed by atoms with Gasteiger partial charge in [0.05, 0.1) is 22.9 Å². The maximum atomic E-state index is 12.6. The highest BCUT2D eigenvalue weighted by Crippen LogP contribution is 2.43. The fourth-order valence-electron chi connectivity index (χ4n) is 3.31. The molecule has 5 heteroatoms. The lowest BCUT2D eigenvalue weighted by molar-refractivity contribution is 0.0917. The highest BCUT2D eigenvalue weighted by Gasteiger charge is 2.36. The molecular weight excluding hydrogens is 333 g/mol. The molecule has 1 aromatic carbocycles. The Morgan fingerprint density at radius 3 is 2.78 bits per heavy atom. The Labute approximate surface area is 146 Å². The number of furan rings is 1. The fraction of sp³-hybridized carbons (Fsp3) is 0.389. The molecule has 3 nitrogen and oxygen atoms in total. The summed E-state index contributed by atoms with van der Waals surface area (Å²) >= 11 is 12.0. The molecule has 1 aliphatic rings. The number of hydrogen-bond donors (Lipinski definition) is 1. The van der Waals surface area contributed by atoms with Gasteiger partial charge in [0.2, 0.25) is 0 Å². The molecule has 0 aliphatic heterocycles. The van der Waals surface area contributed by atoms with Gasteiger partial charge in [-0.25, -0.2) is 0 Å². The molecule has 0 saturated carbocycles. The molecule has 1 N–H and O–H groups in total. The van der Waals surface area contributed by atoms with Gasteiger partial charge in [-0.3, -0.25) is 4.79 Å². The Hall–Kier alpha value is -1.45. The molecule has 0 saturated heterocycles. The number of carbonyl (C=O) groups excluding carboxylic acids is 1. The second-order valence-corrected chi connectivity index (χ2v) is 7.79. The zero-order valence-corrected chi connectivity index (χ0v) is 14.9. The van der Waals surface area contributed by atoms with Gasteiger partial charge in [-0.2, -0.15) is 0 Å². The van der Waals surface area contributed by atoms with Gasteiger partial charge in [-0.1, -0.05) is 37.0 Å². The predicted molar refractivity (Wildman–Crippen MR) is 92.2 cm³/mol. The van der Waals surface area contributed by atoms with Crippen LogP contribution in [0, 0.1) is 12.3 Å². The van der Waals surface area contributed by atoms with Crippen molar-refractivity contribution in [1.82, 2.24) is 5.32 Å². The van der Waals surface area contributed by atoms with E-state index in [-0.39, 0.29) is 17.4 Å². The minimum absolute atomic E-state index is 0.0685. The molecule has 23 heavy (non-hydrogen) atoms. The number of amides is 1. The molecule has 3 rings (SSSR count). The molecule has 1 aliphatic carbocycles. The van der Waals surface area contributed by atoms with E-state index < -0.39 is 0 Å². The van der Waals surface area contributed by atoms with Crippen LogP contribution >= 0.6 is 23.2 Å². The molecule has 122 valence electrons. The monoisotopic (exact) mass is 351 g/mol. The van der Waals surface area contributed by atoms with Crippen LogP contribution in [0.25, 0.3) is 0 Å². The van der Waals surface area contributed by atoms with Crippen LogP contribution in [0.3, 0.4) is 0 Å². The SMILES string of the molecule is Cc1coc2c1C(NC(=O)c1ccc(Cl)cc1Cl)CC(C)(C)C2. The average molecular weight is 352 g/mol. The molecule has 1 aromatic heterocycles. The number of fused-ring (bicyclic) bond motifs is 1. The van der Waals surface area contributed by atoms with E-state index in [2.05, 4.69) is 19.2 Å². The van der Waals surface area contributed by atoms with E-state index in [9.17, 15) is 4.79 Å². The van der Waals surface area contributed by atoms with Crippen LogP contribution in [0.4, 0.5) is 0 Å². The van der Waals surface area contributed by atoms with Gasteiger partial charge in [0.15, 0.2) is 0 Å². The van der Waals surface area contributed by atoms with Crippen molar-refractivity contribution < 1.29 is 9.21 Å². The Morgan fingerprint density at radius 1 is 1.35 bits per heavy atom. The summed E-state index contributed by atoms with van der Waals surface area (Å²) in [5.74, 6) is 0.771. The molecule has 0 bridgehead atoms. The van der Waals surface area contributed by atoms with Gasteiger partial charge in [0.25, 0.3) is 5.91 Å². The van der Waals surface area contributed by atoms with Crippen LogP contribution in [0.2, 0.25) is 10.0 Å². The normalized spacial score (nSPS) is 19.3. The second-order valence-electron chi connectivity index (χ2n) is 6.95. The fourth-order valence-corrected chi connectivity index (χ4v) is 3.80. The molecule has 0 spiro atoms. The summed E-state index contributed by atoms with van der Waals surface area (Å²) in [4.78, 5) is 12.6. The van der Waals surface area contributed by atoms with E-state index in [4.69, 9.17) is 27.6 Å². The number of carbonyl (C=O) groups is 1. The number of aryl methyl sites for hydroxylation is 1. The molecule has 1 heterocycles. The van der Waals surface area contributed by atoms with Gasteiger partial charge >= 0.3 is 0 Å². The van der Waals surface area contributed by atoms with Gasteiger partial charge < -0.3 is 9.73 Å². The molecule has 1 unspecified atom stereocenters. The Kier molecular flexibility index (Phi) is 4.19. The van der Waals surface area contributed by atoms with Crippen LogP contribution in [-0.4, -0.2) is 5.91 Å². The summed E-state index contributed by atoms with van der Waals surface area (Å²) in [6.07, 6.45) is 3.50. The maximum absolute atomic E-state index is 12.6. The lowest BCUT2D eigenvalue weighted by Crippen LogP contribution is -2.36. The number of benzene rings is 1. The summed E-state index contributed by atoms with van der Waals surface area (Å²) < 4.78 is 5.68. The number of rotatable bonds is 2. The average Bonchev–Trinajstić information content (AvgIpc) is 2.78. The number of nitrogens with one attached hydrogen (secondary N) is 1. The lowest BCUT2D eigenvalue weighted by atomic mass is 9.74. The third kappa shape index (κ3) is 3.26. The summed E-state index contributed by atoms with van der Waals surface area (Å²) in [6, 6.07) is 4.82. The second kappa shape index (κ2) is 5.88. The molecule has 0 fully saturated rings. The zero-order valence-electron chi connectivity index (χ0n) is 13.4. The van der Waals surface area contributed by atoms with Gasteiger partial charge in [0, 0.05) is 17.0 Å². The smallest absolute Gasteiger partial charge is 0.253 e. The highest BCUT2D eigenvalue weighted by atomic mass is 35.5. The van der Waals surface area contributed by atoms with Crippen molar-refractivity contribution in [2.24, 2.45) is 5.41 Å². The Morgan fingerprint density at radius 2 is 2.09 bits per heavy atom. The first-order valence-corrected chi connectivity index (χ1v) is 8.35. The Balaban J connectivity index is 1.90. The summed E-state index contributed by atoms with van der Waals surface area (Å²) in [7, 11) is 0. The Bertz CT molecular complexity index is 764. The first kappa shape index (κ1) is 16.4. The number of hydrogen-bond acceptors (Lipinski definition) is 2. The standard InChI is InChI=1S/C18H19Cl2NO2/c1-10-9-23-15-8-18(2,3)7-14(16(10)15)21-17(22)12-5-4-11(19)6-13(12)20/h4-6,9,14H,7-8H2,1-3H3,(H,21,22). The predicted octanol–water partition coefficient (Wildman–Crippen LogP) is 5.34. The largest absolute Gasteiger partial charge is 0.469 e. The highest BCUT2D eigenvalue weighted by molar-refractivity contribution is 6.36. The van der Waals surface area contributed by atoms with E-state index in [1.54, 1.807) is 24.5 Å². The topological polar surface area (TPSA) is 42.2 Å². The van der Waals surface area contributed by atoms with Crippen molar-refractivity contribution in [3.05, 3.63) is 57.0 Å². The van der Waals surface area contributed by atoms with Crippen molar-refractivity contribution >= 4 is 29.1 Å². The molecule has 0 radical (unpaired) electrons. The summed E-state index contributed by atoms with van der Waals surface area (Å²) in [5.41, 5.74) is 2.67.